The Kier molecular flexibility index (Phi) is 3.35. The van der Waals surface area contributed by atoms with Crippen LogP contribution in [0.5, 0.6) is 0 Å². The molecule has 6 nitrogen and oxygen atoms in total. The van der Waals surface area contributed by atoms with Gasteiger partial charge < -0.3 is 10.3 Å². The number of para-hydroxylation sites is 2. The Morgan fingerprint density at radius 3 is 2.67 bits per heavy atom. The van der Waals surface area contributed by atoms with Crippen molar-refractivity contribution >= 4 is 22.5 Å². The molecule has 0 aliphatic carbocycles. The van der Waals surface area contributed by atoms with Crippen LogP contribution in [0, 0.1) is 6.92 Å². The van der Waals surface area contributed by atoms with Gasteiger partial charge in [-0.1, -0.05) is 41.6 Å². The van der Waals surface area contributed by atoms with Crippen molar-refractivity contribution in [2.24, 2.45) is 0 Å². The van der Waals surface area contributed by atoms with Gasteiger partial charge in [-0.2, -0.15) is 0 Å². The van der Waals surface area contributed by atoms with E-state index in [2.05, 4.69) is 20.6 Å². The molecule has 0 radical (unpaired) electrons. The van der Waals surface area contributed by atoms with E-state index in [0.29, 0.717) is 11.4 Å². The average molecular weight is 317 g/mol. The van der Waals surface area contributed by atoms with Crippen molar-refractivity contribution in [3.05, 3.63) is 72.2 Å². The molecule has 6 heteroatoms. The minimum atomic E-state index is -0.278. The second-order valence-corrected chi connectivity index (χ2v) is 5.47. The highest BCUT2D eigenvalue weighted by atomic mass is 16.2. The van der Waals surface area contributed by atoms with Crippen molar-refractivity contribution in [1.82, 2.24) is 20.0 Å². The van der Waals surface area contributed by atoms with E-state index in [1.54, 1.807) is 10.9 Å². The summed E-state index contributed by atoms with van der Waals surface area (Å²) in [6, 6.07) is 17.4. The summed E-state index contributed by atoms with van der Waals surface area (Å²) in [5.74, 6) is -0.278. The maximum atomic E-state index is 12.6. The molecule has 1 amide bonds. The van der Waals surface area contributed by atoms with Crippen molar-refractivity contribution in [2.75, 3.05) is 5.32 Å². The molecular formula is C18H15N5O. The van der Waals surface area contributed by atoms with E-state index in [4.69, 9.17) is 0 Å². The predicted molar refractivity (Wildman–Crippen MR) is 92.3 cm³/mol. The van der Waals surface area contributed by atoms with E-state index in [0.717, 1.165) is 22.3 Å². The Morgan fingerprint density at radius 1 is 1.08 bits per heavy atom. The summed E-state index contributed by atoms with van der Waals surface area (Å²) in [7, 11) is 0. The summed E-state index contributed by atoms with van der Waals surface area (Å²) in [5, 5.41) is 12.0. The lowest BCUT2D eigenvalue weighted by molar-refractivity contribution is 0.102. The van der Waals surface area contributed by atoms with Crippen LogP contribution >= 0.6 is 0 Å². The van der Waals surface area contributed by atoms with Crippen LogP contribution in [-0.4, -0.2) is 25.9 Å². The summed E-state index contributed by atoms with van der Waals surface area (Å²) in [6.07, 6.45) is 1.78. The Labute approximate surface area is 138 Å². The van der Waals surface area contributed by atoms with Crippen molar-refractivity contribution in [1.29, 1.82) is 0 Å². The second-order valence-electron chi connectivity index (χ2n) is 5.47. The molecule has 2 heterocycles. The first-order chi connectivity index (χ1) is 11.7. The van der Waals surface area contributed by atoms with Crippen LogP contribution < -0.4 is 5.32 Å². The predicted octanol–water partition coefficient (Wildman–Crippen LogP) is 3.31. The first-order valence-corrected chi connectivity index (χ1v) is 7.59. The highest BCUT2D eigenvalue weighted by molar-refractivity contribution is 6.08. The van der Waals surface area contributed by atoms with Crippen LogP contribution in [0.1, 0.15) is 16.2 Å². The third-order valence-corrected chi connectivity index (χ3v) is 3.95. The van der Waals surface area contributed by atoms with Crippen molar-refractivity contribution in [2.45, 2.75) is 6.92 Å². The molecule has 4 aromatic rings. The van der Waals surface area contributed by atoms with E-state index in [1.807, 2.05) is 61.5 Å². The topological polar surface area (TPSA) is 75.6 Å². The average Bonchev–Trinajstić information content (AvgIpc) is 3.20. The molecule has 2 N–H and O–H groups in total. The number of fused-ring (bicyclic) bond motifs is 1. The third-order valence-electron chi connectivity index (χ3n) is 3.95. The molecule has 24 heavy (non-hydrogen) atoms. The van der Waals surface area contributed by atoms with Gasteiger partial charge in [0.15, 0.2) is 5.69 Å². The fourth-order valence-corrected chi connectivity index (χ4v) is 2.71. The number of H-pyrrole nitrogens is 1. The normalized spacial score (nSPS) is 10.9. The number of nitrogens with zero attached hydrogens (tertiary/aromatic N) is 3. The zero-order valence-corrected chi connectivity index (χ0v) is 13.0. The molecule has 2 aromatic carbocycles. The number of aromatic nitrogens is 4. The van der Waals surface area contributed by atoms with Gasteiger partial charge in [-0.05, 0) is 25.1 Å². The first-order valence-electron chi connectivity index (χ1n) is 7.59. The van der Waals surface area contributed by atoms with Gasteiger partial charge in [0.1, 0.15) is 0 Å². The third kappa shape index (κ3) is 2.34. The number of nitrogens with one attached hydrogen (secondary N) is 2. The van der Waals surface area contributed by atoms with E-state index in [-0.39, 0.29) is 5.91 Å². The number of benzene rings is 2. The lowest BCUT2D eigenvalue weighted by atomic mass is 10.2. The highest BCUT2D eigenvalue weighted by Gasteiger charge is 2.18. The van der Waals surface area contributed by atoms with Crippen molar-refractivity contribution in [3.63, 3.8) is 0 Å². The molecule has 0 unspecified atom stereocenters. The standard InChI is InChI=1S/C18H15N5O/c1-12-17(21-22-23(12)13-7-3-2-4-8-13)18(24)20-16-11-19-15-10-6-5-9-14(15)16/h2-11,19H,1H3,(H,20,24). The van der Waals surface area contributed by atoms with Gasteiger partial charge in [0, 0.05) is 17.1 Å². The fraction of sp³-hybridized carbons (Fsp3) is 0.0556. The van der Waals surface area contributed by atoms with Crippen molar-refractivity contribution < 1.29 is 4.79 Å². The van der Waals surface area contributed by atoms with Crippen molar-refractivity contribution in [3.8, 4) is 5.69 Å². The molecule has 0 aliphatic rings. The van der Waals surface area contributed by atoms with Crippen LogP contribution in [0.3, 0.4) is 0 Å². The Balaban J connectivity index is 1.65. The number of anilines is 1. The van der Waals surface area contributed by atoms with E-state index in [9.17, 15) is 4.79 Å². The number of aromatic amines is 1. The molecule has 0 saturated heterocycles. The molecular weight excluding hydrogens is 302 g/mol. The Morgan fingerprint density at radius 2 is 1.83 bits per heavy atom. The summed E-state index contributed by atoms with van der Waals surface area (Å²) in [5.41, 5.74) is 3.57. The van der Waals surface area contributed by atoms with Crippen LogP contribution in [0.15, 0.2) is 60.8 Å². The van der Waals surface area contributed by atoms with Gasteiger partial charge in [-0.15, -0.1) is 5.10 Å². The van der Waals surface area contributed by atoms with Gasteiger partial charge in [0.05, 0.1) is 17.1 Å². The zero-order chi connectivity index (χ0) is 16.5. The van der Waals surface area contributed by atoms with E-state index < -0.39 is 0 Å². The van der Waals surface area contributed by atoms with Gasteiger partial charge in [0.2, 0.25) is 0 Å². The van der Waals surface area contributed by atoms with Crippen LogP contribution in [0.25, 0.3) is 16.6 Å². The fourth-order valence-electron chi connectivity index (χ4n) is 2.71. The smallest absolute Gasteiger partial charge is 0.278 e. The number of carbonyl (C=O) groups is 1. The van der Waals surface area contributed by atoms with Crippen LogP contribution in [0.4, 0.5) is 5.69 Å². The second kappa shape index (κ2) is 5.66. The largest absolute Gasteiger partial charge is 0.359 e. The molecule has 0 fully saturated rings. The molecule has 118 valence electrons. The number of rotatable bonds is 3. The molecule has 4 rings (SSSR count). The molecule has 2 aromatic heterocycles. The summed E-state index contributed by atoms with van der Waals surface area (Å²) >= 11 is 0. The maximum absolute atomic E-state index is 12.6. The Hall–Kier alpha value is -3.41. The van der Waals surface area contributed by atoms with Gasteiger partial charge >= 0.3 is 0 Å². The van der Waals surface area contributed by atoms with E-state index >= 15 is 0 Å². The number of hydrogen-bond donors (Lipinski definition) is 2. The summed E-state index contributed by atoms with van der Waals surface area (Å²) in [4.78, 5) is 15.7. The molecule has 0 aliphatic heterocycles. The van der Waals surface area contributed by atoms with Gasteiger partial charge in [-0.3, -0.25) is 4.79 Å². The lowest BCUT2D eigenvalue weighted by Gasteiger charge is -2.04. The minimum Gasteiger partial charge on any atom is -0.359 e. The minimum absolute atomic E-state index is 0.278. The first kappa shape index (κ1) is 14.2. The number of hydrogen-bond acceptors (Lipinski definition) is 3. The molecule has 0 bridgehead atoms. The summed E-state index contributed by atoms with van der Waals surface area (Å²) < 4.78 is 1.66. The lowest BCUT2D eigenvalue weighted by Crippen LogP contribution is -2.14. The highest BCUT2D eigenvalue weighted by Crippen LogP contribution is 2.23. The van der Waals surface area contributed by atoms with Crippen LogP contribution in [0.2, 0.25) is 0 Å². The van der Waals surface area contributed by atoms with Gasteiger partial charge in [-0.25, -0.2) is 4.68 Å². The number of carbonyl (C=O) groups excluding carboxylic acids is 1. The molecule has 0 atom stereocenters. The van der Waals surface area contributed by atoms with Gasteiger partial charge in [0.25, 0.3) is 5.91 Å². The Bertz CT molecular complexity index is 1020. The SMILES string of the molecule is Cc1c(C(=O)Nc2c[nH]c3ccccc23)nnn1-c1ccccc1. The molecule has 0 saturated carbocycles. The van der Waals surface area contributed by atoms with E-state index in [1.165, 1.54) is 0 Å². The quantitative estimate of drug-likeness (QED) is 0.608. The molecule has 0 spiro atoms. The zero-order valence-electron chi connectivity index (χ0n) is 13.0. The van der Waals surface area contributed by atoms with Crippen LogP contribution in [-0.2, 0) is 0 Å². The maximum Gasteiger partial charge on any atom is 0.278 e. The summed E-state index contributed by atoms with van der Waals surface area (Å²) in [6.45, 7) is 1.83. The number of amides is 1. The monoisotopic (exact) mass is 317 g/mol.